The summed E-state index contributed by atoms with van der Waals surface area (Å²) in [6.07, 6.45) is 1.13. The van der Waals surface area contributed by atoms with E-state index in [2.05, 4.69) is 0 Å². The van der Waals surface area contributed by atoms with Crippen LogP contribution in [0.5, 0.6) is 0 Å². The van der Waals surface area contributed by atoms with Crippen LogP contribution in [0, 0.1) is 11.8 Å². The molecule has 2 aromatic carbocycles. The Hall–Kier alpha value is -2.42. The van der Waals surface area contributed by atoms with E-state index in [1.54, 1.807) is 0 Å². The van der Waals surface area contributed by atoms with Crippen molar-refractivity contribution in [3.63, 3.8) is 0 Å². The molecular formula is C20H21NO2. The van der Waals surface area contributed by atoms with Gasteiger partial charge in [-0.15, -0.1) is 0 Å². The molecule has 2 aromatic rings. The zero-order chi connectivity index (χ0) is 16.2. The number of piperidine rings is 1. The van der Waals surface area contributed by atoms with Crippen molar-refractivity contribution in [2.45, 2.75) is 26.3 Å². The lowest BCUT2D eigenvalue weighted by Crippen LogP contribution is -2.48. The van der Waals surface area contributed by atoms with Crippen LogP contribution in [0.4, 0.5) is 0 Å². The van der Waals surface area contributed by atoms with Crippen molar-refractivity contribution in [1.82, 2.24) is 4.90 Å². The molecule has 0 saturated carbocycles. The SMILES string of the molecule is C[C@@H]1CC(=O)N(Cc2ccccc2)C(=O)[C@@H]1Cc1ccccc1. The topological polar surface area (TPSA) is 37.4 Å². The van der Waals surface area contributed by atoms with E-state index in [-0.39, 0.29) is 23.7 Å². The third-order valence-electron chi connectivity index (χ3n) is 4.55. The minimum atomic E-state index is -0.126. The van der Waals surface area contributed by atoms with E-state index in [0.29, 0.717) is 19.4 Å². The number of imide groups is 1. The number of nitrogens with zero attached hydrogens (tertiary/aromatic N) is 1. The van der Waals surface area contributed by atoms with Gasteiger partial charge < -0.3 is 0 Å². The Kier molecular flexibility index (Phi) is 4.56. The predicted octanol–water partition coefficient (Wildman–Crippen LogP) is 3.44. The molecule has 3 nitrogen and oxygen atoms in total. The van der Waals surface area contributed by atoms with Crippen LogP contribution >= 0.6 is 0 Å². The van der Waals surface area contributed by atoms with E-state index in [1.165, 1.54) is 4.90 Å². The quantitative estimate of drug-likeness (QED) is 0.811. The third kappa shape index (κ3) is 3.50. The lowest BCUT2D eigenvalue weighted by Gasteiger charge is -2.35. The average Bonchev–Trinajstić information content (AvgIpc) is 2.57. The maximum atomic E-state index is 12.9. The molecule has 118 valence electrons. The second-order valence-electron chi connectivity index (χ2n) is 6.28. The van der Waals surface area contributed by atoms with Gasteiger partial charge in [0.15, 0.2) is 0 Å². The van der Waals surface area contributed by atoms with Crippen LogP contribution in [0.1, 0.15) is 24.5 Å². The number of carbonyl (C=O) groups is 2. The summed E-state index contributed by atoms with van der Waals surface area (Å²) in [5, 5.41) is 0. The molecule has 1 saturated heterocycles. The molecule has 3 heteroatoms. The molecule has 1 fully saturated rings. The van der Waals surface area contributed by atoms with Crippen molar-refractivity contribution >= 4 is 11.8 Å². The molecule has 0 aromatic heterocycles. The van der Waals surface area contributed by atoms with Gasteiger partial charge in [-0.2, -0.15) is 0 Å². The van der Waals surface area contributed by atoms with Crippen LogP contribution in [0.25, 0.3) is 0 Å². The summed E-state index contributed by atoms with van der Waals surface area (Å²) >= 11 is 0. The Bertz CT molecular complexity index is 681. The number of amides is 2. The molecule has 2 amide bonds. The first kappa shape index (κ1) is 15.5. The first-order chi connectivity index (χ1) is 11.1. The molecule has 0 aliphatic carbocycles. The summed E-state index contributed by atoms with van der Waals surface area (Å²) in [6.45, 7) is 2.37. The lowest BCUT2D eigenvalue weighted by molar-refractivity contribution is -0.155. The second-order valence-corrected chi connectivity index (χ2v) is 6.28. The van der Waals surface area contributed by atoms with Gasteiger partial charge in [0.05, 0.1) is 6.54 Å². The van der Waals surface area contributed by atoms with Crippen molar-refractivity contribution in [2.24, 2.45) is 11.8 Å². The van der Waals surface area contributed by atoms with Crippen LogP contribution in [0.2, 0.25) is 0 Å². The minimum Gasteiger partial charge on any atom is -0.278 e. The number of likely N-dealkylation sites (tertiary alicyclic amines) is 1. The highest BCUT2D eigenvalue weighted by atomic mass is 16.2. The van der Waals surface area contributed by atoms with Crippen LogP contribution in [0.15, 0.2) is 60.7 Å². The largest absolute Gasteiger partial charge is 0.278 e. The highest BCUT2D eigenvalue weighted by Gasteiger charge is 2.38. The van der Waals surface area contributed by atoms with Gasteiger partial charge in [-0.1, -0.05) is 67.6 Å². The summed E-state index contributed by atoms with van der Waals surface area (Å²) < 4.78 is 0. The van der Waals surface area contributed by atoms with Crippen molar-refractivity contribution in [3.05, 3.63) is 71.8 Å². The van der Waals surface area contributed by atoms with E-state index in [9.17, 15) is 9.59 Å². The Morgan fingerprint density at radius 1 is 0.913 bits per heavy atom. The van der Waals surface area contributed by atoms with Gasteiger partial charge in [0.2, 0.25) is 11.8 Å². The third-order valence-corrected chi connectivity index (χ3v) is 4.55. The number of rotatable bonds is 4. The van der Waals surface area contributed by atoms with Gasteiger partial charge in [-0.05, 0) is 23.5 Å². The summed E-state index contributed by atoms with van der Waals surface area (Å²) in [5.41, 5.74) is 2.13. The first-order valence-corrected chi connectivity index (χ1v) is 8.07. The fraction of sp³-hybridized carbons (Fsp3) is 0.300. The number of benzene rings is 2. The Balaban J connectivity index is 1.78. The van der Waals surface area contributed by atoms with E-state index in [4.69, 9.17) is 0 Å². The molecule has 1 aliphatic rings. The van der Waals surface area contributed by atoms with Gasteiger partial charge in [0, 0.05) is 12.3 Å². The fourth-order valence-electron chi connectivity index (χ4n) is 3.18. The number of carbonyl (C=O) groups excluding carboxylic acids is 2. The van der Waals surface area contributed by atoms with Crippen molar-refractivity contribution < 1.29 is 9.59 Å². The summed E-state index contributed by atoms with van der Waals surface area (Å²) in [6, 6.07) is 19.7. The molecule has 23 heavy (non-hydrogen) atoms. The molecule has 0 unspecified atom stereocenters. The first-order valence-electron chi connectivity index (χ1n) is 8.07. The van der Waals surface area contributed by atoms with Crippen molar-refractivity contribution in [1.29, 1.82) is 0 Å². The maximum Gasteiger partial charge on any atom is 0.233 e. The number of hydrogen-bond acceptors (Lipinski definition) is 2. The van der Waals surface area contributed by atoms with E-state index in [1.807, 2.05) is 67.6 Å². The maximum absolute atomic E-state index is 12.9. The predicted molar refractivity (Wildman–Crippen MR) is 89.4 cm³/mol. The monoisotopic (exact) mass is 307 g/mol. The molecule has 0 spiro atoms. The normalized spacial score (nSPS) is 21.5. The Morgan fingerprint density at radius 2 is 1.48 bits per heavy atom. The van der Waals surface area contributed by atoms with Gasteiger partial charge in [0.25, 0.3) is 0 Å². The molecular weight excluding hydrogens is 286 g/mol. The molecule has 1 aliphatic heterocycles. The Labute approximate surface area is 136 Å². The van der Waals surface area contributed by atoms with Crippen LogP contribution in [-0.4, -0.2) is 16.7 Å². The number of hydrogen-bond donors (Lipinski definition) is 0. The zero-order valence-corrected chi connectivity index (χ0v) is 13.3. The van der Waals surface area contributed by atoms with Gasteiger partial charge in [-0.3, -0.25) is 14.5 Å². The van der Waals surface area contributed by atoms with E-state index in [0.717, 1.165) is 11.1 Å². The molecule has 0 radical (unpaired) electrons. The van der Waals surface area contributed by atoms with Gasteiger partial charge in [0.1, 0.15) is 0 Å². The minimum absolute atomic E-state index is 0.0403. The molecule has 0 N–H and O–H groups in total. The summed E-state index contributed by atoms with van der Waals surface area (Å²) in [4.78, 5) is 26.6. The highest BCUT2D eigenvalue weighted by molar-refractivity contribution is 5.99. The van der Waals surface area contributed by atoms with Crippen molar-refractivity contribution in [3.8, 4) is 0 Å². The Morgan fingerprint density at radius 3 is 2.09 bits per heavy atom. The summed E-state index contributed by atoms with van der Waals surface area (Å²) in [5.74, 6) is -0.141. The van der Waals surface area contributed by atoms with Gasteiger partial charge >= 0.3 is 0 Å². The van der Waals surface area contributed by atoms with E-state index >= 15 is 0 Å². The second kappa shape index (κ2) is 6.78. The molecule has 1 heterocycles. The molecule has 2 atom stereocenters. The fourth-order valence-corrected chi connectivity index (χ4v) is 3.18. The van der Waals surface area contributed by atoms with Crippen LogP contribution in [0.3, 0.4) is 0 Å². The highest BCUT2D eigenvalue weighted by Crippen LogP contribution is 2.29. The van der Waals surface area contributed by atoms with Crippen LogP contribution < -0.4 is 0 Å². The van der Waals surface area contributed by atoms with Crippen molar-refractivity contribution in [2.75, 3.05) is 0 Å². The molecule has 0 bridgehead atoms. The van der Waals surface area contributed by atoms with Gasteiger partial charge in [-0.25, -0.2) is 0 Å². The lowest BCUT2D eigenvalue weighted by atomic mass is 9.81. The van der Waals surface area contributed by atoms with E-state index < -0.39 is 0 Å². The molecule has 3 rings (SSSR count). The standard InChI is InChI=1S/C20H21NO2/c1-15-12-19(22)21(14-17-10-6-3-7-11-17)20(23)18(15)13-16-8-4-2-5-9-16/h2-11,15,18H,12-14H2,1H3/t15-,18-/m1/s1. The van der Waals surface area contributed by atoms with Crippen LogP contribution in [-0.2, 0) is 22.6 Å². The smallest absolute Gasteiger partial charge is 0.233 e. The average molecular weight is 307 g/mol. The summed E-state index contributed by atoms with van der Waals surface area (Å²) in [7, 11) is 0. The zero-order valence-electron chi connectivity index (χ0n) is 13.3.